The highest BCUT2D eigenvalue weighted by atomic mass is 32.2. The molecule has 0 aromatic heterocycles. The largest absolute Gasteiger partial charge is 0.385 e. The lowest BCUT2D eigenvalue weighted by Gasteiger charge is -2.12. The van der Waals surface area contributed by atoms with Gasteiger partial charge in [0.25, 0.3) is 15.9 Å². The molecule has 0 aliphatic carbocycles. The van der Waals surface area contributed by atoms with Crippen LogP contribution in [-0.4, -0.2) is 34.6 Å². The van der Waals surface area contributed by atoms with Crippen molar-refractivity contribution in [2.45, 2.75) is 25.2 Å². The van der Waals surface area contributed by atoms with E-state index in [1.54, 1.807) is 13.2 Å². The SMILES string of the molecule is COCCCNC(=O)c1ccc(S(=O)(=O)Nc2cc(C)ccc2C)cc1. The molecular weight excluding hydrogens is 352 g/mol. The van der Waals surface area contributed by atoms with Gasteiger partial charge in [-0.15, -0.1) is 0 Å². The minimum Gasteiger partial charge on any atom is -0.385 e. The monoisotopic (exact) mass is 376 g/mol. The minimum absolute atomic E-state index is 0.106. The number of carbonyl (C=O) groups is 1. The van der Waals surface area contributed by atoms with Crippen LogP contribution in [0.5, 0.6) is 0 Å². The van der Waals surface area contributed by atoms with Gasteiger partial charge in [-0.1, -0.05) is 12.1 Å². The van der Waals surface area contributed by atoms with Crippen LogP contribution in [0.3, 0.4) is 0 Å². The molecular formula is C19H24N2O4S. The molecule has 0 bridgehead atoms. The maximum absolute atomic E-state index is 12.6. The van der Waals surface area contributed by atoms with Gasteiger partial charge in [0.05, 0.1) is 10.6 Å². The lowest BCUT2D eigenvalue weighted by Crippen LogP contribution is -2.25. The Morgan fingerprint density at radius 2 is 1.77 bits per heavy atom. The Hall–Kier alpha value is -2.38. The first kappa shape index (κ1) is 19.9. The third-order valence-electron chi connectivity index (χ3n) is 3.87. The number of sulfonamides is 1. The fourth-order valence-electron chi connectivity index (χ4n) is 2.36. The van der Waals surface area contributed by atoms with Gasteiger partial charge in [0, 0.05) is 25.8 Å². The molecule has 2 N–H and O–H groups in total. The summed E-state index contributed by atoms with van der Waals surface area (Å²) in [6.07, 6.45) is 0.717. The van der Waals surface area contributed by atoms with E-state index in [9.17, 15) is 13.2 Å². The van der Waals surface area contributed by atoms with Crippen LogP contribution in [0.1, 0.15) is 27.9 Å². The molecule has 0 unspecified atom stereocenters. The molecule has 0 aliphatic heterocycles. The smallest absolute Gasteiger partial charge is 0.261 e. The van der Waals surface area contributed by atoms with Crippen molar-refractivity contribution >= 4 is 21.6 Å². The topological polar surface area (TPSA) is 84.5 Å². The van der Waals surface area contributed by atoms with E-state index in [4.69, 9.17) is 4.74 Å². The van der Waals surface area contributed by atoms with E-state index in [1.807, 2.05) is 26.0 Å². The molecule has 2 aromatic rings. The van der Waals surface area contributed by atoms with Crippen LogP contribution in [-0.2, 0) is 14.8 Å². The Bertz CT molecular complexity index is 862. The number of carbonyl (C=O) groups excluding carboxylic acids is 1. The molecule has 26 heavy (non-hydrogen) atoms. The van der Waals surface area contributed by atoms with Crippen LogP contribution in [0.2, 0.25) is 0 Å². The van der Waals surface area contributed by atoms with Crippen LogP contribution in [0.15, 0.2) is 47.4 Å². The number of aryl methyl sites for hydroxylation is 2. The van der Waals surface area contributed by atoms with E-state index in [0.717, 1.165) is 11.1 Å². The summed E-state index contributed by atoms with van der Waals surface area (Å²) >= 11 is 0. The second-order valence-corrected chi connectivity index (χ2v) is 7.73. The van der Waals surface area contributed by atoms with Crippen molar-refractivity contribution in [2.24, 2.45) is 0 Å². The average Bonchev–Trinajstić information content (AvgIpc) is 2.61. The van der Waals surface area contributed by atoms with Gasteiger partial charge < -0.3 is 10.1 Å². The normalized spacial score (nSPS) is 11.2. The van der Waals surface area contributed by atoms with Gasteiger partial charge in [-0.25, -0.2) is 8.42 Å². The summed E-state index contributed by atoms with van der Waals surface area (Å²) in [4.78, 5) is 12.1. The number of hydrogen-bond donors (Lipinski definition) is 2. The molecule has 0 fully saturated rings. The summed E-state index contributed by atoms with van der Waals surface area (Å²) < 4.78 is 32.6. The average molecular weight is 376 g/mol. The minimum atomic E-state index is -3.72. The Morgan fingerprint density at radius 3 is 2.42 bits per heavy atom. The number of benzene rings is 2. The zero-order chi connectivity index (χ0) is 19.2. The first-order valence-corrected chi connectivity index (χ1v) is 9.79. The number of ether oxygens (including phenoxy) is 1. The fourth-order valence-corrected chi connectivity index (χ4v) is 3.48. The lowest BCUT2D eigenvalue weighted by atomic mass is 10.1. The Morgan fingerprint density at radius 1 is 1.08 bits per heavy atom. The molecule has 0 aliphatic rings. The quantitative estimate of drug-likeness (QED) is 0.694. The molecule has 0 spiro atoms. The molecule has 7 heteroatoms. The number of nitrogens with one attached hydrogen (secondary N) is 2. The Kier molecular flexibility index (Phi) is 6.76. The molecule has 140 valence electrons. The van der Waals surface area contributed by atoms with Crippen LogP contribution >= 0.6 is 0 Å². The number of amides is 1. The van der Waals surface area contributed by atoms with Crippen molar-refractivity contribution < 1.29 is 17.9 Å². The molecule has 6 nitrogen and oxygen atoms in total. The Balaban J connectivity index is 2.08. The van der Waals surface area contributed by atoms with Gasteiger partial charge in [-0.05, 0) is 61.7 Å². The predicted octanol–water partition coefficient (Wildman–Crippen LogP) is 2.87. The van der Waals surface area contributed by atoms with Crippen molar-refractivity contribution in [1.29, 1.82) is 0 Å². The third-order valence-corrected chi connectivity index (χ3v) is 5.26. The van der Waals surface area contributed by atoms with E-state index in [2.05, 4.69) is 10.0 Å². The van der Waals surface area contributed by atoms with Crippen LogP contribution < -0.4 is 10.0 Å². The highest BCUT2D eigenvalue weighted by molar-refractivity contribution is 7.92. The molecule has 0 radical (unpaired) electrons. The summed E-state index contributed by atoms with van der Waals surface area (Å²) in [6.45, 7) is 4.81. The molecule has 0 atom stereocenters. The van der Waals surface area contributed by atoms with Crippen molar-refractivity contribution in [3.8, 4) is 0 Å². The highest BCUT2D eigenvalue weighted by Gasteiger charge is 2.16. The fraction of sp³-hybridized carbons (Fsp3) is 0.316. The lowest BCUT2D eigenvalue weighted by molar-refractivity contribution is 0.0948. The second-order valence-electron chi connectivity index (χ2n) is 6.05. The zero-order valence-corrected chi connectivity index (χ0v) is 16.0. The highest BCUT2D eigenvalue weighted by Crippen LogP contribution is 2.21. The first-order chi connectivity index (χ1) is 12.3. The van der Waals surface area contributed by atoms with Gasteiger partial charge >= 0.3 is 0 Å². The van der Waals surface area contributed by atoms with E-state index >= 15 is 0 Å². The maximum atomic E-state index is 12.6. The van der Waals surface area contributed by atoms with Gasteiger partial charge in [0.2, 0.25) is 0 Å². The molecule has 2 rings (SSSR count). The summed E-state index contributed by atoms with van der Waals surface area (Å²) in [5.41, 5.74) is 2.76. The summed E-state index contributed by atoms with van der Waals surface area (Å²) in [7, 11) is -2.11. The molecule has 1 amide bonds. The molecule has 0 saturated heterocycles. The summed E-state index contributed by atoms with van der Waals surface area (Å²) in [6, 6.07) is 11.4. The number of methoxy groups -OCH3 is 1. The zero-order valence-electron chi connectivity index (χ0n) is 15.2. The van der Waals surface area contributed by atoms with Gasteiger partial charge in [-0.3, -0.25) is 9.52 Å². The van der Waals surface area contributed by atoms with Crippen LogP contribution in [0, 0.1) is 13.8 Å². The summed E-state index contributed by atoms with van der Waals surface area (Å²) in [5.74, 6) is -0.243. The van der Waals surface area contributed by atoms with Crippen molar-refractivity contribution in [2.75, 3.05) is 25.0 Å². The molecule has 0 heterocycles. The summed E-state index contributed by atoms with van der Waals surface area (Å²) in [5, 5.41) is 2.76. The van der Waals surface area contributed by atoms with E-state index < -0.39 is 10.0 Å². The molecule has 2 aromatic carbocycles. The van der Waals surface area contributed by atoms with E-state index in [0.29, 0.717) is 30.8 Å². The van der Waals surface area contributed by atoms with Crippen molar-refractivity contribution in [1.82, 2.24) is 5.32 Å². The van der Waals surface area contributed by atoms with Crippen molar-refractivity contribution in [3.05, 3.63) is 59.2 Å². The first-order valence-electron chi connectivity index (χ1n) is 8.31. The van der Waals surface area contributed by atoms with Crippen LogP contribution in [0.4, 0.5) is 5.69 Å². The van der Waals surface area contributed by atoms with Gasteiger partial charge in [0.15, 0.2) is 0 Å². The second kappa shape index (κ2) is 8.82. The number of rotatable bonds is 8. The van der Waals surface area contributed by atoms with Crippen LogP contribution in [0.25, 0.3) is 0 Å². The van der Waals surface area contributed by atoms with E-state index in [-0.39, 0.29) is 10.8 Å². The van der Waals surface area contributed by atoms with Gasteiger partial charge in [-0.2, -0.15) is 0 Å². The predicted molar refractivity (Wildman–Crippen MR) is 102 cm³/mol. The molecule has 0 saturated carbocycles. The number of hydrogen-bond acceptors (Lipinski definition) is 4. The standard InChI is InChI=1S/C19H24N2O4S/c1-14-5-6-15(2)18(13-14)21-26(23,24)17-9-7-16(8-10-17)19(22)20-11-4-12-25-3/h5-10,13,21H,4,11-12H2,1-3H3,(H,20,22). The number of anilines is 1. The van der Waals surface area contributed by atoms with Crippen molar-refractivity contribution in [3.63, 3.8) is 0 Å². The third kappa shape index (κ3) is 5.31. The Labute approximate surface area is 154 Å². The van der Waals surface area contributed by atoms with Gasteiger partial charge in [0.1, 0.15) is 0 Å². The van der Waals surface area contributed by atoms with E-state index in [1.165, 1.54) is 24.3 Å². The maximum Gasteiger partial charge on any atom is 0.261 e.